The molecule has 1 aromatic rings. The smallest absolute Gasteiger partial charge is 0.410 e. The summed E-state index contributed by atoms with van der Waals surface area (Å²) in [5.74, 6) is 0.146. The molecule has 0 atom stereocenters. The molecule has 0 bridgehead atoms. The summed E-state index contributed by atoms with van der Waals surface area (Å²) >= 11 is 2.33. The van der Waals surface area contributed by atoms with E-state index in [0.29, 0.717) is 24.7 Å². The lowest BCUT2D eigenvalue weighted by atomic mass is 9.89. The lowest BCUT2D eigenvalue weighted by Gasteiger charge is -2.37. The first-order valence-electron chi connectivity index (χ1n) is 12.4. The summed E-state index contributed by atoms with van der Waals surface area (Å²) in [5.41, 5.74) is 2.14. The molecule has 9 heteroatoms. The Morgan fingerprint density at radius 1 is 1.00 bits per heavy atom. The Balaban J connectivity index is 1.25. The summed E-state index contributed by atoms with van der Waals surface area (Å²) in [7, 11) is 0. The van der Waals surface area contributed by atoms with Gasteiger partial charge in [0.05, 0.1) is 12.6 Å². The highest BCUT2D eigenvalue weighted by Crippen LogP contribution is 2.34. The Hall–Kier alpha value is -1.36. The van der Waals surface area contributed by atoms with Crippen LogP contribution in [-0.2, 0) is 22.5 Å². The normalized spacial score (nSPS) is 24.5. The van der Waals surface area contributed by atoms with E-state index in [2.05, 4.69) is 32.6 Å². The largest absolute Gasteiger partial charge is 0.444 e. The third kappa shape index (κ3) is 6.01. The quantitative estimate of drug-likeness (QED) is 0.558. The standard InChI is InChI=1S/C24H38IN5O3/c1-16(31)29-14-11-21-20(15-29)22(25)27-30(21)19-7-5-17(6-8-19)26-18-9-12-28(13-10-18)23(32)33-24(2,3)4/h17-19,26H,5-15H2,1-4H3. The summed E-state index contributed by atoms with van der Waals surface area (Å²) < 4.78 is 8.84. The molecule has 1 aromatic heterocycles. The van der Waals surface area contributed by atoms with E-state index >= 15 is 0 Å². The Morgan fingerprint density at radius 2 is 1.64 bits per heavy atom. The summed E-state index contributed by atoms with van der Waals surface area (Å²) in [6, 6.07) is 1.47. The van der Waals surface area contributed by atoms with Crippen molar-refractivity contribution in [1.29, 1.82) is 0 Å². The highest BCUT2D eigenvalue weighted by atomic mass is 127. The number of hydrogen-bond donors (Lipinski definition) is 1. The molecule has 2 fully saturated rings. The molecule has 3 heterocycles. The first-order valence-corrected chi connectivity index (χ1v) is 13.4. The zero-order valence-corrected chi connectivity index (χ0v) is 22.6. The number of likely N-dealkylation sites (tertiary alicyclic amines) is 1. The number of rotatable bonds is 3. The summed E-state index contributed by atoms with van der Waals surface area (Å²) in [4.78, 5) is 27.9. The van der Waals surface area contributed by atoms with Crippen LogP contribution in [-0.4, -0.2) is 68.9 Å². The van der Waals surface area contributed by atoms with E-state index in [-0.39, 0.29) is 12.0 Å². The molecule has 4 rings (SSSR count). The van der Waals surface area contributed by atoms with Gasteiger partial charge in [0.1, 0.15) is 9.30 Å². The van der Waals surface area contributed by atoms with Crippen LogP contribution in [0, 0.1) is 3.70 Å². The lowest BCUT2D eigenvalue weighted by Crippen LogP contribution is -2.49. The van der Waals surface area contributed by atoms with Gasteiger partial charge in [0.2, 0.25) is 5.91 Å². The van der Waals surface area contributed by atoms with E-state index in [1.54, 1.807) is 6.92 Å². The number of nitrogens with zero attached hydrogens (tertiary/aromatic N) is 4. The Labute approximate surface area is 210 Å². The zero-order chi connectivity index (χ0) is 23.8. The van der Waals surface area contributed by atoms with Crippen LogP contribution in [0.3, 0.4) is 0 Å². The molecule has 33 heavy (non-hydrogen) atoms. The van der Waals surface area contributed by atoms with Crippen molar-refractivity contribution in [2.24, 2.45) is 0 Å². The van der Waals surface area contributed by atoms with Crippen LogP contribution in [0.4, 0.5) is 4.79 Å². The van der Waals surface area contributed by atoms with Gasteiger partial charge in [-0.15, -0.1) is 0 Å². The summed E-state index contributed by atoms with van der Waals surface area (Å²) in [5, 5.41) is 8.77. The van der Waals surface area contributed by atoms with Gasteiger partial charge >= 0.3 is 6.09 Å². The molecule has 0 aromatic carbocycles. The van der Waals surface area contributed by atoms with Crippen molar-refractivity contribution in [3.8, 4) is 0 Å². The molecular formula is C24H38IN5O3. The highest BCUT2D eigenvalue weighted by Gasteiger charge is 2.32. The Morgan fingerprint density at radius 3 is 2.24 bits per heavy atom. The van der Waals surface area contributed by atoms with E-state index in [9.17, 15) is 9.59 Å². The minimum atomic E-state index is -0.441. The number of fused-ring (bicyclic) bond motifs is 1. The first kappa shape index (κ1) is 24.8. The molecule has 0 radical (unpaired) electrons. The van der Waals surface area contributed by atoms with Crippen molar-refractivity contribution in [2.75, 3.05) is 19.6 Å². The molecule has 184 valence electrons. The minimum absolute atomic E-state index is 0.146. The van der Waals surface area contributed by atoms with Crippen molar-refractivity contribution >= 4 is 34.6 Å². The maximum Gasteiger partial charge on any atom is 0.410 e. The van der Waals surface area contributed by atoms with E-state index in [0.717, 1.165) is 68.3 Å². The van der Waals surface area contributed by atoms with Crippen molar-refractivity contribution in [3.05, 3.63) is 15.0 Å². The molecule has 3 aliphatic rings. The molecule has 0 unspecified atom stereocenters. The van der Waals surface area contributed by atoms with Crippen molar-refractivity contribution in [2.45, 2.75) is 103 Å². The molecule has 2 amide bonds. The van der Waals surface area contributed by atoms with Crippen molar-refractivity contribution < 1.29 is 14.3 Å². The van der Waals surface area contributed by atoms with Gasteiger partial charge in [-0.25, -0.2) is 4.79 Å². The summed E-state index contributed by atoms with van der Waals surface area (Å²) in [6.45, 7) is 10.4. The van der Waals surface area contributed by atoms with Crippen LogP contribution in [0.25, 0.3) is 0 Å². The SMILES string of the molecule is CC(=O)N1CCc2c(c(I)nn2C2CCC(NC3CCN(C(=O)OC(C)(C)C)CC3)CC2)C1. The summed E-state index contributed by atoms with van der Waals surface area (Å²) in [6.07, 6.45) is 7.25. The number of carbonyl (C=O) groups excluding carboxylic acids is 2. The van der Waals surface area contributed by atoms with Crippen LogP contribution in [0.2, 0.25) is 0 Å². The molecule has 1 saturated carbocycles. The van der Waals surface area contributed by atoms with E-state index in [4.69, 9.17) is 9.84 Å². The molecule has 1 saturated heterocycles. The second-order valence-electron chi connectivity index (χ2n) is 10.8. The monoisotopic (exact) mass is 571 g/mol. The predicted molar refractivity (Wildman–Crippen MR) is 135 cm³/mol. The predicted octanol–water partition coefficient (Wildman–Crippen LogP) is 3.87. The number of ether oxygens (including phenoxy) is 1. The van der Waals surface area contributed by atoms with Gasteiger partial charge < -0.3 is 19.9 Å². The van der Waals surface area contributed by atoms with Crippen LogP contribution >= 0.6 is 22.6 Å². The van der Waals surface area contributed by atoms with Gasteiger partial charge in [0, 0.05) is 56.3 Å². The first-order chi connectivity index (χ1) is 15.6. The van der Waals surface area contributed by atoms with Gasteiger partial charge in [-0.3, -0.25) is 9.48 Å². The zero-order valence-electron chi connectivity index (χ0n) is 20.4. The average Bonchev–Trinajstić information content (AvgIpc) is 3.09. The van der Waals surface area contributed by atoms with Gasteiger partial charge in [-0.2, -0.15) is 5.10 Å². The number of hydrogen-bond acceptors (Lipinski definition) is 5. The highest BCUT2D eigenvalue weighted by molar-refractivity contribution is 14.1. The van der Waals surface area contributed by atoms with Gasteiger partial charge in [-0.1, -0.05) is 0 Å². The maximum absolute atomic E-state index is 12.3. The number of carbonyl (C=O) groups is 2. The van der Waals surface area contributed by atoms with Crippen LogP contribution < -0.4 is 5.32 Å². The van der Waals surface area contributed by atoms with Gasteiger partial charge in [0.15, 0.2) is 0 Å². The van der Waals surface area contributed by atoms with Crippen LogP contribution in [0.15, 0.2) is 0 Å². The molecule has 8 nitrogen and oxygen atoms in total. The third-order valence-corrected chi connectivity index (χ3v) is 8.01. The number of nitrogens with one attached hydrogen (secondary N) is 1. The molecule has 2 aliphatic heterocycles. The maximum atomic E-state index is 12.3. The number of piperidine rings is 1. The fourth-order valence-corrected chi connectivity index (χ4v) is 6.07. The molecule has 1 aliphatic carbocycles. The fraction of sp³-hybridized carbons (Fsp3) is 0.792. The number of amides is 2. The molecule has 1 N–H and O–H groups in total. The van der Waals surface area contributed by atoms with Gasteiger partial charge in [-0.05, 0) is 81.9 Å². The Bertz CT molecular complexity index is 864. The van der Waals surface area contributed by atoms with Crippen molar-refractivity contribution in [1.82, 2.24) is 24.9 Å². The van der Waals surface area contributed by atoms with Crippen molar-refractivity contribution in [3.63, 3.8) is 0 Å². The van der Waals surface area contributed by atoms with Crippen LogP contribution in [0.1, 0.15) is 83.5 Å². The molecular weight excluding hydrogens is 533 g/mol. The number of halogens is 1. The molecule has 0 spiro atoms. The van der Waals surface area contributed by atoms with E-state index in [1.165, 1.54) is 11.3 Å². The third-order valence-electron chi connectivity index (χ3n) is 7.14. The fourth-order valence-electron chi connectivity index (χ4n) is 5.35. The van der Waals surface area contributed by atoms with Gasteiger partial charge in [0.25, 0.3) is 0 Å². The number of aromatic nitrogens is 2. The lowest BCUT2D eigenvalue weighted by molar-refractivity contribution is -0.129. The second kappa shape index (κ2) is 10.1. The minimum Gasteiger partial charge on any atom is -0.444 e. The topological polar surface area (TPSA) is 79.7 Å². The van der Waals surface area contributed by atoms with Crippen LogP contribution in [0.5, 0.6) is 0 Å². The van der Waals surface area contributed by atoms with E-state index in [1.807, 2.05) is 30.6 Å². The Kier molecular flexibility index (Phi) is 7.57. The second-order valence-corrected chi connectivity index (χ2v) is 11.8. The van der Waals surface area contributed by atoms with E-state index < -0.39 is 5.60 Å². The average molecular weight is 572 g/mol.